The topological polar surface area (TPSA) is 57.6 Å². The van der Waals surface area contributed by atoms with E-state index >= 15 is 0 Å². The van der Waals surface area contributed by atoms with Gasteiger partial charge in [0.15, 0.2) is 0 Å². The quantitative estimate of drug-likeness (QED) is 0.824. The number of rotatable bonds is 4. The number of thioether (sulfide) groups is 1. The Morgan fingerprint density at radius 2 is 2.00 bits per heavy atom. The highest BCUT2D eigenvalue weighted by Crippen LogP contribution is 2.33. The van der Waals surface area contributed by atoms with Crippen molar-refractivity contribution in [2.75, 3.05) is 6.54 Å². The number of likely N-dealkylation sites (tertiary alicyclic amines) is 1. The van der Waals surface area contributed by atoms with Crippen molar-refractivity contribution in [2.24, 2.45) is 0 Å². The molecule has 0 spiro atoms. The van der Waals surface area contributed by atoms with Gasteiger partial charge in [-0.05, 0) is 51.0 Å². The first kappa shape index (κ1) is 16.4. The first-order chi connectivity index (χ1) is 9.84. The molecule has 1 saturated heterocycles. The summed E-state index contributed by atoms with van der Waals surface area (Å²) in [7, 11) is 0. The van der Waals surface area contributed by atoms with E-state index in [1.54, 1.807) is 6.92 Å². The Morgan fingerprint density at radius 3 is 2.57 bits per heavy atom. The second kappa shape index (κ2) is 6.40. The lowest BCUT2D eigenvalue weighted by atomic mass is 9.99. The number of carboxylic acid groups (broad SMARTS) is 1. The number of halogens is 1. The average molecular weight is 372 g/mol. The summed E-state index contributed by atoms with van der Waals surface area (Å²) in [5, 5.41) is 9.09. The van der Waals surface area contributed by atoms with Crippen molar-refractivity contribution < 1.29 is 14.7 Å². The van der Waals surface area contributed by atoms with Crippen molar-refractivity contribution in [2.45, 2.75) is 42.4 Å². The summed E-state index contributed by atoms with van der Waals surface area (Å²) in [4.78, 5) is 26.5. The van der Waals surface area contributed by atoms with E-state index in [0.29, 0.717) is 13.0 Å². The van der Waals surface area contributed by atoms with Crippen molar-refractivity contribution in [1.82, 2.24) is 4.90 Å². The molecule has 1 fully saturated rings. The molecule has 2 unspecified atom stereocenters. The van der Waals surface area contributed by atoms with Gasteiger partial charge in [-0.25, -0.2) is 4.79 Å². The maximum Gasteiger partial charge on any atom is 0.329 e. The van der Waals surface area contributed by atoms with E-state index in [1.807, 2.05) is 31.2 Å². The van der Waals surface area contributed by atoms with E-state index in [4.69, 9.17) is 0 Å². The molecule has 114 valence electrons. The molecule has 0 saturated carbocycles. The van der Waals surface area contributed by atoms with Crippen LogP contribution in [-0.2, 0) is 9.59 Å². The van der Waals surface area contributed by atoms with Crippen molar-refractivity contribution in [3.8, 4) is 0 Å². The van der Waals surface area contributed by atoms with Crippen molar-refractivity contribution in [3.63, 3.8) is 0 Å². The number of carbonyl (C=O) groups excluding carboxylic acids is 1. The van der Waals surface area contributed by atoms with Crippen LogP contribution in [0.15, 0.2) is 33.6 Å². The maximum atomic E-state index is 12.6. The van der Waals surface area contributed by atoms with Gasteiger partial charge in [0, 0.05) is 15.9 Å². The van der Waals surface area contributed by atoms with Crippen LogP contribution in [0.3, 0.4) is 0 Å². The van der Waals surface area contributed by atoms with Gasteiger partial charge in [0.2, 0.25) is 5.91 Å². The van der Waals surface area contributed by atoms with E-state index in [9.17, 15) is 14.7 Å². The van der Waals surface area contributed by atoms with Gasteiger partial charge in [0.05, 0.1) is 5.25 Å². The standard InChI is InChI=1S/C15H18BrNO3S/c1-10(21-12-6-4-11(16)5-7-12)13(18)17-9-3-8-15(17,2)14(19)20/h4-7,10H,3,8-9H2,1-2H3,(H,19,20). The molecule has 1 aromatic rings. The molecule has 0 aliphatic carbocycles. The normalized spacial score (nSPS) is 23.1. The Hall–Kier alpha value is -1.01. The van der Waals surface area contributed by atoms with Crippen LogP contribution < -0.4 is 0 Å². The summed E-state index contributed by atoms with van der Waals surface area (Å²) in [6.07, 6.45) is 1.26. The van der Waals surface area contributed by atoms with Crippen LogP contribution in [0.1, 0.15) is 26.7 Å². The zero-order valence-electron chi connectivity index (χ0n) is 12.0. The predicted molar refractivity (Wildman–Crippen MR) is 86.4 cm³/mol. The lowest BCUT2D eigenvalue weighted by Crippen LogP contribution is -2.52. The molecule has 1 heterocycles. The monoisotopic (exact) mass is 371 g/mol. The van der Waals surface area contributed by atoms with Gasteiger partial charge in [0.25, 0.3) is 0 Å². The number of hydrogen-bond donors (Lipinski definition) is 1. The largest absolute Gasteiger partial charge is 0.480 e. The second-order valence-corrected chi connectivity index (χ2v) is 7.72. The number of benzene rings is 1. The van der Waals surface area contributed by atoms with Crippen LogP contribution in [-0.4, -0.2) is 39.2 Å². The van der Waals surface area contributed by atoms with Crippen molar-refractivity contribution >= 4 is 39.6 Å². The number of nitrogens with zero attached hydrogens (tertiary/aromatic N) is 1. The molecule has 4 nitrogen and oxygen atoms in total. The zero-order valence-corrected chi connectivity index (χ0v) is 14.4. The fraction of sp³-hybridized carbons (Fsp3) is 0.467. The highest BCUT2D eigenvalue weighted by atomic mass is 79.9. The predicted octanol–water partition coefficient (Wildman–Crippen LogP) is 3.40. The number of carbonyl (C=O) groups is 2. The molecule has 1 N–H and O–H groups in total. The van der Waals surface area contributed by atoms with Gasteiger partial charge in [-0.3, -0.25) is 4.79 Å². The van der Waals surface area contributed by atoms with Crippen molar-refractivity contribution in [3.05, 3.63) is 28.7 Å². The highest BCUT2D eigenvalue weighted by Gasteiger charge is 2.46. The summed E-state index contributed by atoms with van der Waals surface area (Å²) < 4.78 is 0.990. The molecule has 2 atom stereocenters. The molecule has 0 radical (unpaired) electrons. The van der Waals surface area contributed by atoms with Crippen LogP contribution in [0.4, 0.5) is 0 Å². The van der Waals surface area contributed by atoms with Crippen LogP contribution in [0.5, 0.6) is 0 Å². The van der Waals surface area contributed by atoms with Crippen LogP contribution in [0.2, 0.25) is 0 Å². The zero-order chi connectivity index (χ0) is 15.6. The van der Waals surface area contributed by atoms with E-state index < -0.39 is 11.5 Å². The molecule has 6 heteroatoms. The van der Waals surface area contributed by atoms with Gasteiger partial charge in [-0.15, -0.1) is 11.8 Å². The number of amides is 1. The van der Waals surface area contributed by atoms with Crippen LogP contribution in [0.25, 0.3) is 0 Å². The lowest BCUT2D eigenvalue weighted by molar-refractivity contribution is -0.155. The minimum absolute atomic E-state index is 0.106. The highest BCUT2D eigenvalue weighted by molar-refractivity contribution is 9.10. The van der Waals surface area contributed by atoms with Gasteiger partial charge in [-0.1, -0.05) is 15.9 Å². The second-order valence-electron chi connectivity index (χ2n) is 5.39. The van der Waals surface area contributed by atoms with Crippen LogP contribution in [0, 0.1) is 0 Å². The number of carboxylic acids is 1. The Kier molecular flexibility index (Phi) is 4.99. The third-order valence-electron chi connectivity index (χ3n) is 3.84. The molecule has 0 bridgehead atoms. The lowest BCUT2D eigenvalue weighted by Gasteiger charge is -2.33. The third kappa shape index (κ3) is 3.43. The Labute approximate surface area is 137 Å². The van der Waals surface area contributed by atoms with Gasteiger partial charge in [0.1, 0.15) is 5.54 Å². The summed E-state index contributed by atoms with van der Waals surface area (Å²) in [5.74, 6) is -1.03. The first-order valence-corrected chi connectivity index (χ1v) is 8.49. The SMILES string of the molecule is CC(Sc1ccc(Br)cc1)C(=O)N1CCCC1(C)C(=O)O. The number of aliphatic carboxylic acids is 1. The molecule has 1 aliphatic rings. The smallest absolute Gasteiger partial charge is 0.329 e. The molecular formula is C15H18BrNO3S. The third-order valence-corrected chi connectivity index (χ3v) is 5.47. The van der Waals surface area contributed by atoms with E-state index in [0.717, 1.165) is 15.8 Å². The maximum absolute atomic E-state index is 12.6. The van der Waals surface area contributed by atoms with Crippen molar-refractivity contribution in [1.29, 1.82) is 0 Å². The van der Waals surface area contributed by atoms with Crippen LogP contribution >= 0.6 is 27.7 Å². The summed E-state index contributed by atoms with van der Waals surface area (Å²) in [6.45, 7) is 3.99. The molecule has 1 aromatic carbocycles. The molecular weight excluding hydrogens is 354 g/mol. The minimum Gasteiger partial charge on any atom is -0.480 e. The minimum atomic E-state index is -1.06. The summed E-state index contributed by atoms with van der Waals surface area (Å²) in [5.41, 5.74) is -1.06. The Balaban J connectivity index is 2.08. The Bertz CT molecular complexity index is 548. The van der Waals surface area contributed by atoms with E-state index in [1.165, 1.54) is 16.7 Å². The average Bonchev–Trinajstić information content (AvgIpc) is 2.84. The van der Waals surface area contributed by atoms with Gasteiger partial charge >= 0.3 is 5.97 Å². The van der Waals surface area contributed by atoms with E-state index in [-0.39, 0.29) is 11.2 Å². The molecule has 1 aliphatic heterocycles. The molecule has 0 aromatic heterocycles. The number of hydrogen-bond acceptors (Lipinski definition) is 3. The summed E-state index contributed by atoms with van der Waals surface area (Å²) >= 11 is 4.83. The van der Waals surface area contributed by atoms with E-state index in [2.05, 4.69) is 15.9 Å². The first-order valence-electron chi connectivity index (χ1n) is 6.82. The van der Waals surface area contributed by atoms with Gasteiger partial charge < -0.3 is 10.0 Å². The fourth-order valence-corrected chi connectivity index (χ4v) is 3.72. The molecule has 2 rings (SSSR count). The Morgan fingerprint density at radius 1 is 1.38 bits per heavy atom. The molecule has 1 amide bonds. The van der Waals surface area contributed by atoms with Gasteiger partial charge in [-0.2, -0.15) is 0 Å². The molecule has 21 heavy (non-hydrogen) atoms. The fourth-order valence-electron chi connectivity index (χ4n) is 2.53. The summed E-state index contributed by atoms with van der Waals surface area (Å²) in [6, 6.07) is 7.74.